The predicted molar refractivity (Wildman–Crippen MR) is 37.4 cm³/mol. The van der Waals surface area contributed by atoms with Crippen LogP contribution in [0.5, 0.6) is 0 Å². The van der Waals surface area contributed by atoms with E-state index in [1.807, 2.05) is 0 Å². The molecule has 0 heterocycles. The van der Waals surface area contributed by atoms with Gasteiger partial charge in [0.25, 0.3) is 12.4 Å². The molecule has 0 aromatic rings. The number of carbonyl (C=O) groups is 2. The van der Waals surface area contributed by atoms with Crippen LogP contribution in [0.25, 0.3) is 0 Å². The summed E-state index contributed by atoms with van der Waals surface area (Å²) in [4.78, 5) is 17.4. The summed E-state index contributed by atoms with van der Waals surface area (Å²) in [6, 6.07) is 0. The fraction of sp³-hybridized carbons (Fsp3) is 0.500. The van der Waals surface area contributed by atoms with E-state index in [2.05, 4.69) is 0 Å². The summed E-state index contributed by atoms with van der Waals surface area (Å²) < 4.78 is 0. The molecule has 0 aliphatic carbocycles. The number of aliphatic carboxylic acids is 1. The highest BCUT2D eigenvalue weighted by molar-refractivity contribution is 5.85. The molecule has 0 unspecified atom stereocenters. The van der Waals surface area contributed by atoms with Crippen LogP contribution < -0.4 is 0 Å². The average Bonchev–Trinajstić information content (AvgIpc) is 1.71. The molecule has 0 saturated carbocycles. The molecular weight excluding hydrogens is 163 g/mol. The molecule has 0 aliphatic heterocycles. The van der Waals surface area contributed by atoms with Crippen molar-refractivity contribution >= 4 is 24.8 Å². The second kappa shape index (κ2) is 41.6. The summed E-state index contributed by atoms with van der Waals surface area (Å²) in [5.74, 6) is -0.833. The van der Waals surface area contributed by atoms with Gasteiger partial charge in [0.05, 0.1) is 0 Å². The minimum Gasteiger partial charge on any atom is -0.483 e. The van der Waals surface area contributed by atoms with Crippen molar-refractivity contribution in [3.63, 3.8) is 0 Å². The molecule has 0 radical (unpaired) electrons. The van der Waals surface area contributed by atoms with Gasteiger partial charge < -0.3 is 15.3 Å². The van der Waals surface area contributed by atoms with Gasteiger partial charge in [-0.1, -0.05) is 0 Å². The Bertz CT molecular complexity index is 60.7. The van der Waals surface area contributed by atoms with Crippen molar-refractivity contribution in [3.8, 4) is 0 Å². The molecule has 64 valence electrons. The Hall–Kier alpha value is -0.810. The number of carboxylic acid groups (broad SMARTS) is 2. The fourth-order valence-electron chi connectivity index (χ4n) is 0. The maximum absolute atomic E-state index is 9.00. The van der Waals surface area contributed by atoms with Crippen molar-refractivity contribution in [2.45, 2.75) is 6.92 Å². The summed E-state index contributed by atoms with van der Waals surface area (Å²) in [6.07, 6.45) is 0. The molecule has 5 nitrogen and oxygen atoms in total. The zero-order chi connectivity index (χ0) is 8.28. The topological polar surface area (TPSA) is 94.8 Å². The molecular formula is C4H11ClO5. The third kappa shape index (κ3) is 420. The minimum absolute atomic E-state index is 0. The molecule has 0 aromatic carbocycles. The van der Waals surface area contributed by atoms with Gasteiger partial charge in [0, 0.05) is 14.0 Å². The normalized spacial score (nSPS) is 4.30. The molecule has 10 heavy (non-hydrogen) atoms. The van der Waals surface area contributed by atoms with E-state index in [1.54, 1.807) is 0 Å². The van der Waals surface area contributed by atoms with Gasteiger partial charge in [-0.2, -0.15) is 0 Å². The van der Waals surface area contributed by atoms with Crippen LogP contribution in [0.4, 0.5) is 0 Å². The van der Waals surface area contributed by atoms with Crippen molar-refractivity contribution in [1.29, 1.82) is 0 Å². The van der Waals surface area contributed by atoms with Gasteiger partial charge in [-0.3, -0.25) is 9.59 Å². The lowest BCUT2D eigenvalue weighted by Crippen LogP contribution is -1.78. The van der Waals surface area contributed by atoms with Crippen LogP contribution in [0.1, 0.15) is 6.92 Å². The van der Waals surface area contributed by atoms with E-state index < -0.39 is 5.97 Å². The van der Waals surface area contributed by atoms with Gasteiger partial charge in [0.15, 0.2) is 0 Å². The van der Waals surface area contributed by atoms with Crippen LogP contribution in [-0.2, 0) is 9.59 Å². The Morgan fingerprint density at radius 3 is 1.40 bits per heavy atom. The molecule has 0 amide bonds. The summed E-state index contributed by atoms with van der Waals surface area (Å²) in [7, 11) is 1.00. The van der Waals surface area contributed by atoms with Crippen molar-refractivity contribution in [3.05, 3.63) is 0 Å². The van der Waals surface area contributed by atoms with Crippen LogP contribution in [0.15, 0.2) is 0 Å². The number of hydrogen-bond donors (Lipinski definition) is 3. The molecule has 6 heteroatoms. The van der Waals surface area contributed by atoms with E-state index in [0.29, 0.717) is 0 Å². The SMILES string of the molecule is CC(=O)O.CO.Cl.O=CO. The highest BCUT2D eigenvalue weighted by Gasteiger charge is 1.65. The lowest BCUT2D eigenvalue weighted by Gasteiger charge is -1.59. The second-order valence-electron chi connectivity index (χ2n) is 0.624. The zero-order valence-electron chi connectivity index (χ0n) is 5.64. The van der Waals surface area contributed by atoms with Gasteiger partial charge in [0.2, 0.25) is 0 Å². The average molecular weight is 175 g/mol. The molecule has 0 fully saturated rings. The Morgan fingerprint density at radius 2 is 1.40 bits per heavy atom. The Balaban J connectivity index is -0.0000000273. The van der Waals surface area contributed by atoms with Crippen molar-refractivity contribution in [2.75, 3.05) is 7.11 Å². The van der Waals surface area contributed by atoms with Crippen LogP contribution in [0.3, 0.4) is 0 Å². The fourth-order valence-corrected chi connectivity index (χ4v) is 0. The summed E-state index contributed by atoms with van der Waals surface area (Å²) >= 11 is 0. The highest BCUT2D eigenvalue weighted by Crippen LogP contribution is 1.42. The number of aliphatic hydroxyl groups is 1. The van der Waals surface area contributed by atoms with Gasteiger partial charge in [0.1, 0.15) is 0 Å². The van der Waals surface area contributed by atoms with E-state index in [-0.39, 0.29) is 18.9 Å². The van der Waals surface area contributed by atoms with Gasteiger partial charge in [-0.05, 0) is 0 Å². The number of aliphatic hydroxyl groups excluding tert-OH is 1. The third-order valence-electron chi connectivity index (χ3n) is 0. The summed E-state index contributed by atoms with van der Waals surface area (Å²) in [6.45, 7) is 0.833. The highest BCUT2D eigenvalue weighted by atomic mass is 35.5. The molecule has 0 saturated heterocycles. The number of carboxylic acids is 1. The van der Waals surface area contributed by atoms with Gasteiger partial charge >= 0.3 is 0 Å². The molecule has 0 aliphatic rings. The number of halogens is 1. The first-order chi connectivity index (χ1) is 4.15. The molecule has 0 spiro atoms. The van der Waals surface area contributed by atoms with E-state index in [1.165, 1.54) is 0 Å². The summed E-state index contributed by atoms with van der Waals surface area (Å²) in [5.41, 5.74) is 0. The monoisotopic (exact) mass is 174 g/mol. The minimum atomic E-state index is -0.833. The largest absolute Gasteiger partial charge is 0.483 e. The zero-order valence-corrected chi connectivity index (χ0v) is 6.46. The van der Waals surface area contributed by atoms with Gasteiger partial charge in [-0.15, -0.1) is 12.4 Å². The number of hydrogen-bond acceptors (Lipinski definition) is 3. The Morgan fingerprint density at radius 1 is 1.40 bits per heavy atom. The Kier molecular flexibility index (Phi) is 95.2. The first kappa shape index (κ1) is 22.9. The maximum Gasteiger partial charge on any atom is 0.300 e. The van der Waals surface area contributed by atoms with Crippen LogP contribution in [0, 0.1) is 0 Å². The van der Waals surface area contributed by atoms with Crippen molar-refractivity contribution in [2.24, 2.45) is 0 Å². The third-order valence-corrected chi connectivity index (χ3v) is 0. The standard InChI is InChI=1S/C2H4O2.CH2O2.CH4O.ClH/c1-2(3)4;2-1-3;1-2;/h1H3,(H,3,4);1H,(H,2,3);2H,1H3;1H. The molecule has 3 N–H and O–H groups in total. The van der Waals surface area contributed by atoms with Crippen molar-refractivity contribution < 1.29 is 24.9 Å². The maximum atomic E-state index is 9.00. The smallest absolute Gasteiger partial charge is 0.300 e. The van der Waals surface area contributed by atoms with E-state index in [0.717, 1.165) is 14.0 Å². The Labute approximate surface area is 64.7 Å². The van der Waals surface area contributed by atoms with Crippen LogP contribution in [-0.4, -0.2) is 34.9 Å². The second-order valence-corrected chi connectivity index (χ2v) is 0.624. The van der Waals surface area contributed by atoms with Gasteiger partial charge in [-0.25, -0.2) is 0 Å². The molecule has 0 aromatic heterocycles. The quantitative estimate of drug-likeness (QED) is 0.443. The number of rotatable bonds is 0. The lowest BCUT2D eigenvalue weighted by molar-refractivity contribution is -0.134. The predicted octanol–water partition coefficient (Wildman–Crippen LogP) is -0.178. The first-order valence-electron chi connectivity index (χ1n) is 1.87. The van der Waals surface area contributed by atoms with Crippen LogP contribution >= 0.6 is 12.4 Å². The molecule has 0 rings (SSSR count). The lowest BCUT2D eigenvalue weighted by atomic mass is 10.9. The van der Waals surface area contributed by atoms with Crippen LogP contribution in [0.2, 0.25) is 0 Å². The summed E-state index contributed by atoms with van der Waals surface area (Å²) in [5, 5.41) is 21.3. The van der Waals surface area contributed by atoms with E-state index in [4.69, 9.17) is 24.9 Å². The molecule has 0 atom stereocenters. The van der Waals surface area contributed by atoms with Crippen molar-refractivity contribution in [1.82, 2.24) is 0 Å². The van der Waals surface area contributed by atoms with E-state index in [9.17, 15) is 0 Å². The van der Waals surface area contributed by atoms with E-state index >= 15 is 0 Å². The first-order valence-corrected chi connectivity index (χ1v) is 1.87. The molecule has 0 bridgehead atoms.